The highest BCUT2D eigenvalue weighted by Crippen LogP contribution is 2.38. The van der Waals surface area contributed by atoms with Gasteiger partial charge in [0.2, 0.25) is 5.95 Å². The Morgan fingerprint density at radius 3 is 2.15 bits per heavy atom. The first-order chi connectivity index (χ1) is 15.6. The number of nitrogens with zero attached hydrogens (tertiary/aromatic N) is 2. The highest BCUT2D eigenvalue weighted by molar-refractivity contribution is 5.66. The van der Waals surface area contributed by atoms with Crippen LogP contribution in [0.25, 0.3) is 0 Å². The van der Waals surface area contributed by atoms with E-state index in [2.05, 4.69) is 32.7 Å². The summed E-state index contributed by atoms with van der Waals surface area (Å²) < 4.78 is 41.1. The molecule has 0 bridgehead atoms. The van der Waals surface area contributed by atoms with Crippen molar-refractivity contribution in [2.75, 3.05) is 10.6 Å². The number of hydrogen-bond acceptors (Lipinski definition) is 4. The second-order valence-electron chi connectivity index (χ2n) is 9.60. The summed E-state index contributed by atoms with van der Waals surface area (Å²) in [4.78, 5) is 8.13. The Kier molecular flexibility index (Phi) is 6.32. The first kappa shape index (κ1) is 23.1. The normalized spacial score (nSPS) is 15.0. The maximum Gasteiger partial charge on any atom is 0.421 e. The zero-order chi connectivity index (χ0) is 23.6. The molecular formula is C26H29F3N4. The topological polar surface area (TPSA) is 49.8 Å². The number of hydrogen-bond donors (Lipinski definition) is 2. The van der Waals surface area contributed by atoms with Crippen molar-refractivity contribution < 1.29 is 13.2 Å². The lowest BCUT2D eigenvalue weighted by Gasteiger charge is -2.24. The molecule has 0 aliphatic heterocycles. The number of benzene rings is 2. The van der Waals surface area contributed by atoms with Gasteiger partial charge >= 0.3 is 6.18 Å². The molecule has 2 N–H and O–H groups in total. The van der Waals surface area contributed by atoms with Crippen molar-refractivity contribution in [1.29, 1.82) is 0 Å². The lowest BCUT2D eigenvalue weighted by atomic mass is 9.86. The molecule has 0 unspecified atom stereocenters. The van der Waals surface area contributed by atoms with Crippen molar-refractivity contribution in [2.24, 2.45) is 0 Å². The molecule has 7 heteroatoms. The first-order valence-electron chi connectivity index (χ1n) is 11.3. The third-order valence-corrected chi connectivity index (χ3v) is 6.08. The van der Waals surface area contributed by atoms with Crippen LogP contribution < -0.4 is 10.6 Å². The van der Waals surface area contributed by atoms with Gasteiger partial charge in [0.1, 0.15) is 11.4 Å². The SMILES string of the molecule is CC(C)(C)c1ccccc1Nc1nc(Nc2ccc(C3CCCC3)cc2)ncc1C(F)(F)F. The molecule has 0 atom stereocenters. The Morgan fingerprint density at radius 1 is 0.848 bits per heavy atom. The smallest absolute Gasteiger partial charge is 0.339 e. The molecule has 1 saturated carbocycles. The van der Waals surface area contributed by atoms with Crippen LogP contribution in [0.1, 0.15) is 69.1 Å². The molecule has 0 spiro atoms. The minimum absolute atomic E-state index is 0.104. The van der Waals surface area contributed by atoms with Gasteiger partial charge in [0.15, 0.2) is 0 Å². The van der Waals surface area contributed by atoms with Gasteiger partial charge in [-0.1, -0.05) is 63.9 Å². The molecule has 3 aromatic rings. The van der Waals surface area contributed by atoms with Crippen LogP contribution in [0.15, 0.2) is 54.7 Å². The highest BCUT2D eigenvalue weighted by atomic mass is 19.4. The van der Waals surface area contributed by atoms with Gasteiger partial charge in [-0.3, -0.25) is 0 Å². The van der Waals surface area contributed by atoms with E-state index in [-0.39, 0.29) is 17.2 Å². The van der Waals surface area contributed by atoms with E-state index in [0.717, 1.165) is 17.4 Å². The molecule has 174 valence electrons. The molecule has 2 aromatic carbocycles. The number of anilines is 4. The zero-order valence-electron chi connectivity index (χ0n) is 19.1. The van der Waals surface area contributed by atoms with Gasteiger partial charge in [0.05, 0.1) is 0 Å². The standard InChI is InChI=1S/C26H29F3N4/c1-25(2,3)20-10-6-7-11-22(20)32-23-21(26(27,28)29)16-30-24(33-23)31-19-14-12-18(13-15-19)17-8-4-5-9-17/h6-7,10-17H,4-5,8-9H2,1-3H3,(H2,30,31,32,33). The van der Waals surface area contributed by atoms with Gasteiger partial charge in [-0.25, -0.2) is 4.98 Å². The lowest BCUT2D eigenvalue weighted by Crippen LogP contribution is -2.16. The second-order valence-corrected chi connectivity index (χ2v) is 9.60. The summed E-state index contributed by atoms with van der Waals surface area (Å²) in [5.41, 5.74) is 2.35. The van der Waals surface area contributed by atoms with Crippen LogP contribution in [-0.4, -0.2) is 9.97 Å². The molecule has 1 aromatic heterocycles. The summed E-state index contributed by atoms with van der Waals surface area (Å²) in [5.74, 6) is 0.423. The number of aromatic nitrogens is 2. The Hall–Kier alpha value is -3.09. The van der Waals surface area contributed by atoms with E-state index in [1.165, 1.54) is 31.2 Å². The molecule has 4 rings (SSSR count). The summed E-state index contributed by atoms with van der Waals surface area (Å²) in [6.45, 7) is 6.04. The largest absolute Gasteiger partial charge is 0.421 e. The maximum absolute atomic E-state index is 13.7. The van der Waals surface area contributed by atoms with Gasteiger partial charge in [-0.15, -0.1) is 0 Å². The van der Waals surface area contributed by atoms with Gasteiger partial charge in [-0.05, 0) is 53.5 Å². The molecule has 4 nitrogen and oxygen atoms in total. The molecule has 33 heavy (non-hydrogen) atoms. The Labute approximate surface area is 192 Å². The van der Waals surface area contributed by atoms with Crippen LogP contribution in [0.5, 0.6) is 0 Å². The summed E-state index contributed by atoms with van der Waals surface area (Å²) in [5, 5.41) is 5.96. The van der Waals surface area contributed by atoms with E-state index in [4.69, 9.17) is 0 Å². The molecule has 1 fully saturated rings. The van der Waals surface area contributed by atoms with Gasteiger partial charge < -0.3 is 10.6 Å². The van der Waals surface area contributed by atoms with E-state index >= 15 is 0 Å². The van der Waals surface area contributed by atoms with Crippen LogP contribution in [0.2, 0.25) is 0 Å². The molecule has 1 aliphatic carbocycles. The van der Waals surface area contributed by atoms with Crippen LogP contribution in [0.4, 0.5) is 36.3 Å². The summed E-state index contributed by atoms with van der Waals surface area (Å²) >= 11 is 0. The Bertz CT molecular complexity index is 1100. The Balaban J connectivity index is 1.62. The van der Waals surface area contributed by atoms with E-state index in [1.54, 1.807) is 12.1 Å². The molecule has 0 amide bonds. The number of para-hydroxylation sites is 1. The van der Waals surface area contributed by atoms with Crippen molar-refractivity contribution in [1.82, 2.24) is 9.97 Å². The van der Waals surface area contributed by atoms with Crippen molar-refractivity contribution in [3.63, 3.8) is 0 Å². The van der Waals surface area contributed by atoms with E-state index in [9.17, 15) is 13.2 Å². The zero-order valence-corrected chi connectivity index (χ0v) is 19.1. The number of nitrogens with one attached hydrogen (secondary N) is 2. The van der Waals surface area contributed by atoms with E-state index < -0.39 is 11.7 Å². The van der Waals surface area contributed by atoms with Crippen LogP contribution in [-0.2, 0) is 11.6 Å². The Morgan fingerprint density at radius 2 is 1.52 bits per heavy atom. The lowest BCUT2D eigenvalue weighted by molar-refractivity contribution is -0.137. The number of rotatable bonds is 5. The predicted molar refractivity (Wildman–Crippen MR) is 126 cm³/mol. The first-order valence-corrected chi connectivity index (χ1v) is 11.3. The van der Waals surface area contributed by atoms with Crippen molar-refractivity contribution in [2.45, 2.75) is 64.0 Å². The predicted octanol–water partition coefficient (Wildman–Crippen LogP) is 7.94. The average molecular weight is 455 g/mol. The van der Waals surface area contributed by atoms with Crippen LogP contribution in [0, 0.1) is 0 Å². The molecule has 1 aliphatic rings. The summed E-state index contributed by atoms with van der Waals surface area (Å²) in [6.07, 6.45) is 1.18. The monoisotopic (exact) mass is 454 g/mol. The van der Waals surface area contributed by atoms with Crippen molar-refractivity contribution in [3.05, 3.63) is 71.4 Å². The molecular weight excluding hydrogens is 425 g/mol. The van der Waals surface area contributed by atoms with Crippen molar-refractivity contribution in [3.8, 4) is 0 Å². The fraction of sp³-hybridized carbons (Fsp3) is 0.385. The quantitative estimate of drug-likeness (QED) is 0.411. The van der Waals surface area contributed by atoms with Gasteiger partial charge in [0, 0.05) is 17.6 Å². The van der Waals surface area contributed by atoms with Gasteiger partial charge in [-0.2, -0.15) is 18.2 Å². The fourth-order valence-corrected chi connectivity index (χ4v) is 4.35. The van der Waals surface area contributed by atoms with Crippen molar-refractivity contribution >= 4 is 23.1 Å². The molecule has 0 saturated heterocycles. The molecule has 0 radical (unpaired) electrons. The number of halogens is 3. The van der Waals surface area contributed by atoms with E-state index in [1.807, 2.05) is 45.0 Å². The minimum Gasteiger partial charge on any atom is -0.339 e. The van der Waals surface area contributed by atoms with Crippen LogP contribution in [0.3, 0.4) is 0 Å². The van der Waals surface area contributed by atoms with Crippen LogP contribution >= 0.6 is 0 Å². The maximum atomic E-state index is 13.7. The average Bonchev–Trinajstić information content (AvgIpc) is 3.28. The highest BCUT2D eigenvalue weighted by Gasteiger charge is 2.35. The second kappa shape index (κ2) is 9.04. The number of alkyl halides is 3. The van der Waals surface area contributed by atoms with E-state index in [0.29, 0.717) is 11.6 Å². The third-order valence-electron chi connectivity index (χ3n) is 6.08. The summed E-state index contributed by atoms with van der Waals surface area (Å²) in [7, 11) is 0. The van der Waals surface area contributed by atoms with Gasteiger partial charge in [0.25, 0.3) is 0 Å². The minimum atomic E-state index is -4.58. The molecule has 1 heterocycles. The third kappa shape index (κ3) is 5.46. The fourth-order valence-electron chi connectivity index (χ4n) is 4.35. The summed E-state index contributed by atoms with van der Waals surface area (Å²) in [6, 6.07) is 15.3.